The van der Waals surface area contributed by atoms with Gasteiger partial charge in [0.05, 0.1) is 44.2 Å². The summed E-state index contributed by atoms with van der Waals surface area (Å²) in [6.07, 6.45) is 9.03. The van der Waals surface area contributed by atoms with Crippen molar-refractivity contribution in [3.8, 4) is 0 Å². The molecule has 10 nitrogen and oxygen atoms in total. The lowest BCUT2D eigenvalue weighted by molar-refractivity contribution is -0.249. The van der Waals surface area contributed by atoms with Crippen LogP contribution in [0.5, 0.6) is 0 Å². The lowest BCUT2D eigenvalue weighted by atomic mass is 9.41. The van der Waals surface area contributed by atoms with E-state index in [2.05, 4.69) is 58.3 Å². The van der Waals surface area contributed by atoms with Crippen molar-refractivity contribution in [2.75, 3.05) is 72.2 Å². The molecular weight excluding hydrogens is 682 g/mol. The molecule has 306 valence electrons. The van der Waals surface area contributed by atoms with E-state index in [1.807, 2.05) is 0 Å². The Kier molecular flexibility index (Phi) is 9.84. The number of aliphatic hydroxyl groups is 1. The third-order valence-electron chi connectivity index (χ3n) is 18.4. The topological polar surface area (TPSA) is 93.2 Å². The molecule has 4 saturated heterocycles. The van der Waals surface area contributed by atoms with E-state index in [0.29, 0.717) is 34.5 Å². The maximum Gasteiger partial charge on any atom is 0.410 e. The standard InChI is InChI=1S/C44H73N3O7/c1-28(2)36(54-39(49)47-15-8-16-47)30-25-29(3)35-37(52-30)38(48)42(7)32-10-9-31-40(4,5)33(11-12-43(31)27-44(32,43)14-13-41(35,42)6)53-34-26-46(21-24-51-34)18-17-45-19-22-50-23-20-45/h28-38,48H,8-27H2,1-7H3/t29-,30-,31+,32+,33?,34+,35+,36-,37+,38+,41-,42-,43-,44+/m1/s1. The third-order valence-corrected chi connectivity index (χ3v) is 18.4. The molecule has 14 atom stereocenters. The lowest BCUT2D eigenvalue weighted by Gasteiger charge is -2.64. The zero-order chi connectivity index (χ0) is 37.8. The number of nitrogens with zero attached hydrogens (tertiary/aromatic N) is 3. The molecule has 5 aliphatic carbocycles. The first-order valence-corrected chi connectivity index (χ1v) is 22.3. The molecule has 9 fully saturated rings. The Morgan fingerprint density at radius 3 is 2.31 bits per heavy atom. The Bertz CT molecular complexity index is 1400. The van der Waals surface area contributed by atoms with Crippen molar-refractivity contribution >= 4 is 6.09 Å². The van der Waals surface area contributed by atoms with E-state index in [1.165, 1.54) is 38.5 Å². The van der Waals surface area contributed by atoms with Crippen LogP contribution in [0.4, 0.5) is 4.79 Å². The predicted molar refractivity (Wildman–Crippen MR) is 206 cm³/mol. The van der Waals surface area contributed by atoms with Crippen molar-refractivity contribution in [1.29, 1.82) is 0 Å². The molecule has 10 heteroatoms. The summed E-state index contributed by atoms with van der Waals surface area (Å²) in [5, 5.41) is 12.8. The maximum atomic E-state index is 13.0. The number of aliphatic hydroxyl groups excluding tert-OH is 1. The van der Waals surface area contributed by atoms with Crippen LogP contribution in [0.1, 0.15) is 106 Å². The van der Waals surface area contributed by atoms with Gasteiger partial charge in [-0.1, -0.05) is 48.5 Å². The first-order chi connectivity index (χ1) is 25.7. The first-order valence-electron chi connectivity index (χ1n) is 22.3. The summed E-state index contributed by atoms with van der Waals surface area (Å²) in [7, 11) is 0. The highest BCUT2D eigenvalue weighted by atomic mass is 16.7. The molecule has 0 aromatic rings. The smallest absolute Gasteiger partial charge is 0.410 e. The minimum Gasteiger partial charge on any atom is -0.443 e. The number of carbonyl (C=O) groups excluding carboxylic acids is 1. The molecule has 5 saturated carbocycles. The minimum absolute atomic E-state index is 0.0114. The molecule has 1 N–H and O–H groups in total. The van der Waals surface area contributed by atoms with Crippen molar-refractivity contribution in [2.24, 2.45) is 56.7 Å². The normalized spacial score (nSPS) is 49.1. The number of morpholine rings is 2. The molecule has 0 aromatic heterocycles. The van der Waals surface area contributed by atoms with Gasteiger partial charge in [-0.2, -0.15) is 0 Å². The van der Waals surface area contributed by atoms with Gasteiger partial charge in [0.25, 0.3) is 0 Å². The van der Waals surface area contributed by atoms with Crippen LogP contribution < -0.4 is 0 Å². The van der Waals surface area contributed by atoms with Crippen LogP contribution in [0.2, 0.25) is 0 Å². The number of ether oxygens (including phenoxy) is 5. The highest BCUT2D eigenvalue weighted by Crippen LogP contribution is 2.89. The third kappa shape index (κ3) is 5.66. The van der Waals surface area contributed by atoms with Gasteiger partial charge in [-0.25, -0.2) is 4.79 Å². The summed E-state index contributed by atoms with van der Waals surface area (Å²) >= 11 is 0. The SMILES string of the molecule is CC(C)[C@@H](OC(=O)N1CCC1)[C@H]1C[C@@H](C)[C@H]2[C@H](O1)[C@H](O)[C@@]1(C)[C@@H]3CC[C@H]4C(C)(C)C(O[C@H]5CN(CCN6CCOCC6)CCO5)CC[C@@]45C[C@@]35CC[C@]21C. The molecule has 1 amide bonds. The van der Waals surface area contributed by atoms with E-state index in [9.17, 15) is 9.90 Å². The molecule has 54 heavy (non-hydrogen) atoms. The Hall–Kier alpha value is -1.01. The van der Waals surface area contributed by atoms with E-state index in [-0.39, 0.29) is 59.0 Å². The number of likely N-dealkylation sites (tertiary alicyclic amines) is 1. The summed E-state index contributed by atoms with van der Waals surface area (Å²) in [5.74, 6) is 1.97. The molecule has 9 aliphatic rings. The zero-order valence-electron chi connectivity index (χ0n) is 34.7. The summed E-state index contributed by atoms with van der Waals surface area (Å²) in [5.41, 5.74) is 0.515. The van der Waals surface area contributed by atoms with E-state index in [4.69, 9.17) is 23.7 Å². The van der Waals surface area contributed by atoms with E-state index in [0.717, 1.165) is 91.4 Å². The van der Waals surface area contributed by atoms with Crippen molar-refractivity contribution in [2.45, 2.75) is 143 Å². The molecular formula is C44H73N3O7. The van der Waals surface area contributed by atoms with Gasteiger partial charge in [0.1, 0.15) is 6.10 Å². The van der Waals surface area contributed by atoms with Crippen molar-refractivity contribution in [3.05, 3.63) is 0 Å². The number of fused-ring (bicyclic) bond motifs is 4. The van der Waals surface area contributed by atoms with Gasteiger partial charge in [0.15, 0.2) is 6.29 Å². The van der Waals surface area contributed by atoms with Crippen LogP contribution >= 0.6 is 0 Å². The highest BCUT2D eigenvalue weighted by molar-refractivity contribution is 5.68. The fourth-order valence-electron chi connectivity index (χ4n) is 15.3. The van der Waals surface area contributed by atoms with Crippen LogP contribution in [0.25, 0.3) is 0 Å². The molecule has 4 heterocycles. The predicted octanol–water partition coefficient (Wildman–Crippen LogP) is 6.04. The van der Waals surface area contributed by atoms with Crippen molar-refractivity contribution in [3.63, 3.8) is 0 Å². The quantitative estimate of drug-likeness (QED) is 0.319. The Morgan fingerprint density at radius 1 is 0.889 bits per heavy atom. The average Bonchev–Trinajstić information content (AvgIpc) is 3.75. The second-order valence-corrected chi connectivity index (χ2v) is 21.2. The van der Waals surface area contributed by atoms with Crippen LogP contribution in [0.15, 0.2) is 0 Å². The van der Waals surface area contributed by atoms with E-state index >= 15 is 0 Å². The highest BCUT2D eigenvalue weighted by Gasteiger charge is 2.84. The lowest BCUT2D eigenvalue weighted by Crippen LogP contribution is -2.60. The second kappa shape index (κ2) is 13.8. The van der Waals surface area contributed by atoms with Crippen molar-refractivity contribution in [1.82, 2.24) is 14.7 Å². The summed E-state index contributed by atoms with van der Waals surface area (Å²) in [6.45, 7) is 26.8. The molecule has 0 aromatic carbocycles. The molecule has 4 aliphatic heterocycles. The van der Waals surface area contributed by atoms with Gasteiger partial charge in [0.2, 0.25) is 0 Å². The van der Waals surface area contributed by atoms with Gasteiger partial charge in [0, 0.05) is 57.8 Å². The summed E-state index contributed by atoms with van der Waals surface area (Å²) in [6, 6.07) is 0. The number of hydrogen-bond donors (Lipinski definition) is 1. The fourth-order valence-corrected chi connectivity index (χ4v) is 15.3. The van der Waals surface area contributed by atoms with E-state index in [1.54, 1.807) is 4.90 Å². The molecule has 1 unspecified atom stereocenters. The molecule has 0 bridgehead atoms. The van der Waals surface area contributed by atoms with Crippen LogP contribution in [0, 0.1) is 56.7 Å². The summed E-state index contributed by atoms with van der Waals surface area (Å²) in [4.78, 5) is 19.9. The maximum absolute atomic E-state index is 13.0. The number of rotatable bonds is 8. The van der Waals surface area contributed by atoms with Crippen LogP contribution in [-0.2, 0) is 23.7 Å². The Labute approximate surface area is 325 Å². The summed E-state index contributed by atoms with van der Waals surface area (Å²) < 4.78 is 32.2. The molecule has 2 spiro atoms. The number of carbonyl (C=O) groups is 1. The van der Waals surface area contributed by atoms with Gasteiger partial charge >= 0.3 is 6.09 Å². The van der Waals surface area contributed by atoms with Gasteiger partial charge in [-0.3, -0.25) is 9.80 Å². The largest absolute Gasteiger partial charge is 0.443 e. The van der Waals surface area contributed by atoms with Crippen LogP contribution in [-0.4, -0.2) is 135 Å². The molecule has 9 rings (SSSR count). The zero-order valence-corrected chi connectivity index (χ0v) is 34.7. The number of amides is 1. The first kappa shape index (κ1) is 38.5. The van der Waals surface area contributed by atoms with Gasteiger partial charge < -0.3 is 33.7 Å². The molecule has 0 radical (unpaired) electrons. The fraction of sp³-hybridized carbons (Fsp3) is 0.977. The monoisotopic (exact) mass is 756 g/mol. The van der Waals surface area contributed by atoms with E-state index < -0.39 is 6.10 Å². The van der Waals surface area contributed by atoms with Gasteiger partial charge in [-0.05, 0) is 109 Å². The minimum atomic E-state index is -0.518. The second-order valence-electron chi connectivity index (χ2n) is 21.2. The average molecular weight is 756 g/mol. The van der Waals surface area contributed by atoms with Crippen molar-refractivity contribution < 1.29 is 33.6 Å². The van der Waals surface area contributed by atoms with Crippen LogP contribution in [0.3, 0.4) is 0 Å². The van der Waals surface area contributed by atoms with Gasteiger partial charge in [-0.15, -0.1) is 0 Å². The Morgan fingerprint density at radius 2 is 1.59 bits per heavy atom. The number of hydrogen-bond acceptors (Lipinski definition) is 9. The Balaban J connectivity index is 0.890.